The Balaban J connectivity index is 0.000000272. The highest BCUT2D eigenvalue weighted by Crippen LogP contribution is 2.19. The van der Waals surface area contributed by atoms with Crippen LogP contribution in [-0.4, -0.2) is 81.9 Å². The van der Waals surface area contributed by atoms with Gasteiger partial charge < -0.3 is 57.6 Å². The first kappa shape index (κ1) is 61.6. The minimum absolute atomic E-state index is 0.0418. The predicted octanol–water partition coefficient (Wildman–Crippen LogP) is 8.29. The van der Waals surface area contributed by atoms with E-state index in [-0.39, 0.29) is 82.1 Å². The van der Waals surface area contributed by atoms with E-state index < -0.39 is 40.6 Å². The first-order valence-electron chi connectivity index (χ1n) is 24.4. The van der Waals surface area contributed by atoms with Crippen molar-refractivity contribution < 1.29 is 58.6 Å². The molecule has 0 amide bonds. The Kier molecular flexibility index (Phi) is 24.2. The van der Waals surface area contributed by atoms with Gasteiger partial charge in [0, 0.05) is 43.9 Å². The Morgan fingerprint density at radius 1 is 0.474 bits per heavy atom. The molecular weight excluding hydrogens is 985 g/mol. The molecule has 0 saturated heterocycles. The smallest absolute Gasteiger partial charge is 0.339 e. The second-order valence-corrected chi connectivity index (χ2v) is 18.2. The van der Waals surface area contributed by atoms with Crippen LogP contribution in [0.4, 0.5) is 0 Å². The quantitative estimate of drug-likeness (QED) is 0.0560. The number of aromatic carboxylic acids is 4. The van der Waals surface area contributed by atoms with Crippen molar-refractivity contribution in [3.8, 4) is 23.0 Å². The summed E-state index contributed by atoms with van der Waals surface area (Å²) in [6.45, 7) is 20.7. The van der Waals surface area contributed by atoms with Gasteiger partial charge in [-0.25, -0.2) is 19.2 Å². The molecule has 0 aliphatic rings. The molecule has 0 fully saturated rings. The minimum atomic E-state index is -1.19. The molecule has 0 bridgehead atoms. The first-order chi connectivity index (χ1) is 35.9. The highest BCUT2D eigenvalue weighted by atomic mass is 16.5. The van der Waals surface area contributed by atoms with E-state index in [1.165, 1.54) is 67.3 Å². The number of ether oxygens (including phenoxy) is 4. The Morgan fingerprint density at radius 2 is 0.895 bits per heavy atom. The zero-order chi connectivity index (χ0) is 56.8. The molecule has 0 unspecified atom stereocenters. The second kappa shape index (κ2) is 29.9. The number of rotatable bonds is 20. The lowest BCUT2D eigenvalue weighted by Gasteiger charge is -2.15. The number of benzene rings is 2. The van der Waals surface area contributed by atoms with Crippen LogP contribution in [0.5, 0.6) is 23.0 Å². The van der Waals surface area contributed by atoms with Gasteiger partial charge in [-0.3, -0.25) is 19.2 Å². The zero-order valence-electron chi connectivity index (χ0n) is 44.4. The molecule has 20 nitrogen and oxygen atoms in total. The van der Waals surface area contributed by atoms with Crippen molar-refractivity contribution in [1.82, 2.24) is 18.3 Å². The number of hydrogen-bond donors (Lipinski definition) is 4. The topological polar surface area (TPSA) is 274 Å². The number of nitrogens with zero attached hydrogens (tertiary/aromatic N) is 4. The largest absolute Gasteiger partial charge is 0.487 e. The third-order valence-electron chi connectivity index (χ3n) is 10.4. The third kappa shape index (κ3) is 18.1. The van der Waals surface area contributed by atoms with Gasteiger partial charge in [-0.05, 0) is 88.8 Å². The average Bonchev–Trinajstić information content (AvgIpc) is 3.36. The maximum absolute atomic E-state index is 12.7. The van der Waals surface area contributed by atoms with Gasteiger partial charge >= 0.3 is 23.9 Å². The number of pyridine rings is 4. The lowest BCUT2D eigenvalue weighted by Crippen LogP contribution is -2.27. The molecule has 4 heterocycles. The van der Waals surface area contributed by atoms with Gasteiger partial charge in [-0.2, -0.15) is 0 Å². The van der Waals surface area contributed by atoms with Gasteiger partial charge in [0.25, 0.3) is 22.2 Å². The maximum atomic E-state index is 12.7. The molecule has 6 aromatic rings. The predicted molar refractivity (Wildman–Crippen MR) is 285 cm³/mol. The van der Waals surface area contributed by atoms with Crippen LogP contribution in [-0.2, 0) is 26.2 Å². The fraction of sp³-hybridized carbons (Fsp3) is 0.357. The van der Waals surface area contributed by atoms with E-state index in [4.69, 9.17) is 34.3 Å². The van der Waals surface area contributed by atoms with Crippen molar-refractivity contribution in [2.45, 2.75) is 108 Å². The van der Waals surface area contributed by atoms with Crippen molar-refractivity contribution in [3.63, 3.8) is 0 Å². The molecule has 408 valence electrons. The summed E-state index contributed by atoms with van der Waals surface area (Å²) < 4.78 is 27.1. The van der Waals surface area contributed by atoms with Crippen molar-refractivity contribution in [2.24, 2.45) is 11.8 Å². The van der Waals surface area contributed by atoms with Gasteiger partial charge in [-0.1, -0.05) is 88.4 Å². The van der Waals surface area contributed by atoms with E-state index in [2.05, 4.69) is 0 Å². The summed E-state index contributed by atoms with van der Waals surface area (Å²) in [7, 11) is 0. The van der Waals surface area contributed by atoms with Gasteiger partial charge in [0.05, 0.1) is 25.9 Å². The average molecular weight is 1050 g/mol. The van der Waals surface area contributed by atoms with Crippen molar-refractivity contribution in [2.75, 3.05) is 13.2 Å². The van der Waals surface area contributed by atoms with Crippen LogP contribution < -0.4 is 41.2 Å². The van der Waals surface area contributed by atoms with Crippen LogP contribution in [0.1, 0.15) is 128 Å². The molecule has 6 rings (SSSR count). The lowest BCUT2D eigenvalue weighted by molar-refractivity contribution is 0.0678. The molecule has 4 N–H and O–H groups in total. The summed E-state index contributed by atoms with van der Waals surface area (Å²) in [4.78, 5) is 93.0. The van der Waals surface area contributed by atoms with Gasteiger partial charge in [0.1, 0.15) is 28.9 Å². The zero-order valence-corrected chi connectivity index (χ0v) is 44.4. The molecule has 0 spiro atoms. The van der Waals surface area contributed by atoms with E-state index in [0.29, 0.717) is 32.2 Å². The number of carboxylic acids is 4. The number of aryl methyl sites for hydroxylation is 1. The number of carbonyl (C=O) groups is 4. The molecule has 0 aliphatic carbocycles. The van der Waals surface area contributed by atoms with E-state index in [9.17, 15) is 43.5 Å². The van der Waals surface area contributed by atoms with Gasteiger partial charge in [0.2, 0.25) is 0 Å². The summed E-state index contributed by atoms with van der Waals surface area (Å²) in [5.41, 5.74) is -0.247. The van der Waals surface area contributed by atoms with Gasteiger partial charge in [0.15, 0.2) is 23.0 Å². The van der Waals surface area contributed by atoms with E-state index >= 15 is 0 Å². The Labute approximate surface area is 439 Å². The van der Waals surface area contributed by atoms with Crippen LogP contribution >= 0.6 is 0 Å². The van der Waals surface area contributed by atoms with Crippen LogP contribution in [0, 0.1) is 11.8 Å². The number of carboxylic acid groups (broad SMARTS) is 4. The molecule has 2 aromatic carbocycles. The Bertz CT molecular complexity index is 3140. The van der Waals surface area contributed by atoms with Gasteiger partial charge in [-0.15, -0.1) is 0 Å². The standard InChI is InChI=1S/C20H17NO4.C14H21NO4.C12H17NO4.C10H13NO4/c22-19-18(25-14-16-9-5-2-6-10-16)17(20(23)24)11-12-21(19)13-15-7-3-1-4-8-15;1-9(2)7-15-6-5-11(14(17)18)12(13(15)16)19-8-10(3)4;1-7(2)13-6-5-9(12(15)16)10(11(13)14)17-8(3)4;1-3-11-6-5-7(10(13)14)8(9(11)12)15-4-2/h1-12H,13-14H2,(H,23,24);5-6,9-10H,7-8H2,1-4H3,(H,17,18);5-8H,1-4H3,(H,15,16);5-6H,3-4H2,1-2H3,(H,13,14). The molecule has 0 aliphatic heterocycles. The minimum Gasteiger partial charge on any atom is -0.487 e. The van der Waals surface area contributed by atoms with Crippen LogP contribution in [0.25, 0.3) is 0 Å². The molecule has 0 saturated carbocycles. The highest BCUT2D eigenvalue weighted by molar-refractivity contribution is 5.92. The SMILES string of the molecule is CC(C)COc1c(C(=O)O)ccn(CC(C)C)c1=O.CC(C)Oc1c(C(=O)O)ccn(C(C)C)c1=O.CCOc1c(C(=O)O)ccn(CC)c1=O.O=C(O)c1ccn(Cc2ccccc2)c(=O)c1OCc1ccccc1. The summed E-state index contributed by atoms with van der Waals surface area (Å²) in [5, 5.41) is 36.3. The van der Waals surface area contributed by atoms with Crippen LogP contribution in [0.3, 0.4) is 0 Å². The van der Waals surface area contributed by atoms with Crippen molar-refractivity contribution in [3.05, 3.63) is 185 Å². The fourth-order valence-electron chi connectivity index (χ4n) is 6.85. The fourth-order valence-corrected chi connectivity index (χ4v) is 6.85. The molecular formula is C56H68N4O16. The third-order valence-corrected chi connectivity index (χ3v) is 10.4. The van der Waals surface area contributed by atoms with E-state index in [0.717, 1.165) is 11.1 Å². The van der Waals surface area contributed by atoms with Crippen LogP contribution in [0.15, 0.2) is 129 Å². The molecule has 20 heteroatoms. The monoisotopic (exact) mass is 1050 g/mol. The summed E-state index contributed by atoms with van der Waals surface area (Å²) in [5.74, 6) is -4.52. The first-order valence-corrected chi connectivity index (χ1v) is 24.4. The normalized spacial score (nSPS) is 10.6. The molecule has 4 aromatic heterocycles. The Morgan fingerprint density at radius 3 is 1.34 bits per heavy atom. The van der Waals surface area contributed by atoms with Crippen LogP contribution in [0.2, 0.25) is 0 Å². The van der Waals surface area contributed by atoms with Crippen molar-refractivity contribution in [1.29, 1.82) is 0 Å². The summed E-state index contributed by atoms with van der Waals surface area (Å²) in [6.07, 6.45) is 5.67. The van der Waals surface area contributed by atoms with Crippen molar-refractivity contribution >= 4 is 23.9 Å². The highest BCUT2D eigenvalue weighted by Gasteiger charge is 2.21. The summed E-state index contributed by atoms with van der Waals surface area (Å²) in [6, 6.07) is 24.3. The summed E-state index contributed by atoms with van der Waals surface area (Å²) >= 11 is 0. The number of hydrogen-bond acceptors (Lipinski definition) is 12. The second-order valence-electron chi connectivity index (χ2n) is 18.2. The molecule has 0 atom stereocenters. The van der Waals surface area contributed by atoms with E-state index in [1.807, 2.05) is 102 Å². The molecule has 76 heavy (non-hydrogen) atoms. The molecule has 0 radical (unpaired) electrons. The van der Waals surface area contributed by atoms with E-state index in [1.54, 1.807) is 27.7 Å². The Hall–Kier alpha value is -8.68. The maximum Gasteiger partial charge on any atom is 0.339 e. The number of aromatic nitrogens is 4. The lowest BCUT2D eigenvalue weighted by atomic mass is 10.2.